The summed E-state index contributed by atoms with van der Waals surface area (Å²) in [5, 5.41) is 11.3. The highest BCUT2D eigenvalue weighted by atomic mass is 32.2. The van der Waals surface area contributed by atoms with Crippen molar-refractivity contribution in [1.82, 2.24) is 29.8 Å². The lowest BCUT2D eigenvalue weighted by molar-refractivity contribution is 0.442. The molecule has 0 atom stereocenters. The maximum Gasteiger partial charge on any atom is 0.270 e. The molecule has 0 radical (unpaired) electrons. The molecule has 0 unspecified atom stereocenters. The Kier molecular flexibility index (Phi) is 6.31. The highest BCUT2D eigenvalue weighted by molar-refractivity contribution is 7.89. The Balaban J connectivity index is 1.58. The first-order chi connectivity index (χ1) is 15.4. The summed E-state index contributed by atoms with van der Waals surface area (Å²) in [4.78, 5) is 8.83. The minimum atomic E-state index is -3.22. The van der Waals surface area contributed by atoms with Crippen LogP contribution in [0.5, 0.6) is 0 Å². The second-order valence-corrected chi connectivity index (χ2v) is 9.62. The number of sulfonamides is 1. The molecule has 0 saturated carbocycles. The van der Waals surface area contributed by atoms with E-state index in [1.165, 1.54) is 4.31 Å². The number of benzene rings is 1. The van der Waals surface area contributed by atoms with Gasteiger partial charge in [-0.25, -0.2) is 18.4 Å². The molecule has 32 heavy (non-hydrogen) atoms. The molecule has 1 aliphatic rings. The second kappa shape index (κ2) is 9.15. The molecular formula is C21H25N7O3S. The number of hydrogen-bond acceptors (Lipinski definition) is 9. The molecule has 0 fully saturated rings. The van der Waals surface area contributed by atoms with Crippen molar-refractivity contribution in [3.8, 4) is 23.0 Å². The van der Waals surface area contributed by atoms with Crippen molar-refractivity contribution >= 4 is 21.4 Å². The molecule has 3 aromatic rings. The van der Waals surface area contributed by atoms with E-state index in [0.717, 1.165) is 23.2 Å². The predicted octanol–water partition coefficient (Wildman–Crippen LogP) is 1.93. The molecule has 1 aliphatic heterocycles. The fourth-order valence-corrected chi connectivity index (χ4v) is 4.47. The van der Waals surface area contributed by atoms with Crippen LogP contribution >= 0.6 is 0 Å². The highest BCUT2D eigenvalue weighted by Gasteiger charge is 2.24. The van der Waals surface area contributed by atoms with Gasteiger partial charge < -0.3 is 15.5 Å². The van der Waals surface area contributed by atoms with Crippen molar-refractivity contribution in [3.05, 3.63) is 47.8 Å². The van der Waals surface area contributed by atoms with E-state index in [1.54, 1.807) is 13.1 Å². The first-order valence-electron chi connectivity index (χ1n) is 10.3. The molecule has 0 spiro atoms. The highest BCUT2D eigenvalue weighted by Crippen LogP contribution is 2.28. The monoisotopic (exact) mass is 455 g/mol. The standard InChI is InChI=1S/C21H25N7O3S/c1-3-32(29,30)28-10-8-15(9-11-28)17-13-24-19(22)18(25-17)21-27-26-20(31-21)16-6-4-14(5-7-16)12-23-2/h4-8,13,23H,3,9-12H2,1-2H3,(H2,22,24). The molecule has 0 saturated heterocycles. The van der Waals surface area contributed by atoms with Gasteiger partial charge in [0.1, 0.15) is 0 Å². The summed E-state index contributed by atoms with van der Waals surface area (Å²) in [5.74, 6) is 0.803. The zero-order chi connectivity index (χ0) is 22.7. The van der Waals surface area contributed by atoms with Crippen LogP contribution in [0, 0.1) is 0 Å². The zero-order valence-corrected chi connectivity index (χ0v) is 18.8. The second-order valence-electron chi connectivity index (χ2n) is 7.37. The lowest BCUT2D eigenvalue weighted by Crippen LogP contribution is -2.35. The minimum absolute atomic E-state index is 0.0830. The smallest absolute Gasteiger partial charge is 0.270 e. The molecule has 3 heterocycles. The van der Waals surface area contributed by atoms with E-state index in [9.17, 15) is 8.42 Å². The van der Waals surface area contributed by atoms with Crippen molar-refractivity contribution in [1.29, 1.82) is 0 Å². The average molecular weight is 456 g/mol. The summed E-state index contributed by atoms with van der Waals surface area (Å²) in [7, 11) is -1.33. The largest absolute Gasteiger partial charge is 0.414 e. The van der Waals surface area contributed by atoms with Crippen LogP contribution in [0.3, 0.4) is 0 Å². The van der Waals surface area contributed by atoms with Crippen LogP contribution < -0.4 is 11.1 Å². The third-order valence-electron chi connectivity index (χ3n) is 5.27. The van der Waals surface area contributed by atoms with Crippen LogP contribution in [0.1, 0.15) is 24.6 Å². The van der Waals surface area contributed by atoms with Gasteiger partial charge in [0.15, 0.2) is 11.5 Å². The molecule has 10 nitrogen and oxygen atoms in total. The predicted molar refractivity (Wildman–Crippen MR) is 122 cm³/mol. The Labute approximate surface area is 186 Å². The fourth-order valence-electron chi connectivity index (χ4n) is 3.43. The lowest BCUT2D eigenvalue weighted by Gasteiger charge is -2.25. The molecule has 1 aromatic carbocycles. The third kappa shape index (κ3) is 4.54. The van der Waals surface area contributed by atoms with Gasteiger partial charge in [-0.1, -0.05) is 18.2 Å². The maximum atomic E-state index is 12.1. The summed E-state index contributed by atoms with van der Waals surface area (Å²) in [6.45, 7) is 3.12. The van der Waals surface area contributed by atoms with Crippen molar-refractivity contribution in [2.45, 2.75) is 19.9 Å². The summed E-state index contributed by atoms with van der Waals surface area (Å²) in [6.07, 6.45) is 3.96. The number of nitrogens with two attached hydrogens (primary N) is 1. The van der Waals surface area contributed by atoms with Gasteiger partial charge in [0.2, 0.25) is 15.9 Å². The van der Waals surface area contributed by atoms with E-state index in [-0.39, 0.29) is 17.5 Å². The number of nitrogens with zero attached hydrogens (tertiary/aromatic N) is 5. The molecule has 3 N–H and O–H groups in total. The minimum Gasteiger partial charge on any atom is -0.414 e. The van der Waals surface area contributed by atoms with Crippen LogP contribution in [0.4, 0.5) is 5.82 Å². The van der Waals surface area contributed by atoms with Crippen molar-refractivity contribution in [3.63, 3.8) is 0 Å². The first-order valence-corrected chi connectivity index (χ1v) is 11.9. The van der Waals surface area contributed by atoms with Gasteiger partial charge >= 0.3 is 0 Å². The molecule has 0 amide bonds. The third-order valence-corrected chi connectivity index (χ3v) is 7.12. The van der Waals surface area contributed by atoms with Crippen molar-refractivity contribution in [2.24, 2.45) is 0 Å². The van der Waals surface area contributed by atoms with E-state index in [4.69, 9.17) is 10.2 Å². The van der Waals surface area contributed by atoms with Gasteiger partial charge in [0, 0.05) is 25.2 Å². The van der Waals surface area contributed by atoms with Crippen LogP contribution in [-0.2, 0) is 16.6 Å². The van der Waals surface area contributed by atoms with Crippen LogP contribution in [0.2, 0.25) is 0 Å². The SMILES string of the molecule is CCS(=O)(=O)N1CC=C(c2cnc(N)c(-c3nnc(-c4ccc(CNC)cc4)o3)n2)CC1. The van der Waals surface area contributed by atoms with Gasteiger partial charge in [0.05, 0.1) is 17.6 Å². The molecular weight excluding hydrogens is 430 g/mol. The Morgan fingerprint density at radius 2 is 1.94 bits per heavy atom. The van der Waals surface area contributed by atoms with Gasteiger partial charge in [-0.3, -0.25) is 0 Å². The van der Waals surface area contributed by atoms with Gasteiger partial charge in [-0.05, 0) is 43.7 Å². The van der Waals surface area contributed by atoms with Gasteiger partial charge in [-0.15, -0.1) is 10.2 Å². The maximum absolute atomic E-state index is 12.1. The van der Waals surface area contributed by atoms with E-state index >= 15 is 0 Å². The normalized spacial score (nSPS) is 15.0. The summed E-state index contributed by atoms with van der Waals surface area (Å²) in [6, 6.07) is 7.81. The molecule has 0 aliphatic carbocycles. The topological polar surface area (TPSA) is 140 Å². The summed E-state index contributed by atoms with van der Waals surface area (Å²) in [5.41, 5.74) is 9.78. The van der Waals surface area contributed by atoms with Crippen LogP contribution in [0.15, 0.2) is 41.0 Å². The summed E-state index contributed by atoms with van der Waals surface area (Å²) < 4.78 is 31.4. The fraction of sp³-hybridized carbons (Fsp3) is 0.333. The van der Waals surface area contributed by atoms with Gasteiger partial charge in [0.25, 0.3) is 5.89 Å². The van der Waals surface area contributed by atoms with Crippen LogP contribution in [0.25, 0.3) is 28.6 Å². The molecule has 4 rings (SSSR count). The Bertz CT molecular complexity index is 1240. The number of anilines is 1. The average Bonchev–Trinajstić information content (AvgIpc) is 3.30. The molecule has 11 heteroatoms. The van der Waals surface area contributed by atoms with E-state index in [2.05, 4.69) is 25.5 Å². The number of rotatable bonds is 7. The molecule has 0 bridgehead atoms. The summed E-state index contributed by atoms with van der Waals surface area (Å²) >= 11 is 0. The number of hydrogen-bond donors (Lipinski definition) is 2. The lowest BCUT2D eigenvalue weighted by atomic mass is 10.1. The Hall–Kier alpha value is -3.15. The van der Waals surface area contributed by atoms with Crippen molar-refractivity contribution in [2.75, 3.05) is 31.6 Å². The number of aromatic nitrogens is 4. The van der Waals surface area contributed by atoms with Gasteiger partial charge in [-0.2, -0.15) is 4.31 Å². The molecule has 168 valence electrons. The first kappa shape index (κ1) is 22.1. The van der Waals surface area contributed by atoms with E-state index in [1.807, 2.05) is 37.4 Å². The quantitative estimate of drug-likeness (QED) is 0.547. The Morgan fingerprint density at radius 1 is 1.19 bits per heavy atom. The molecule has 2 aromatic heterocycles. The number of nitrogens with one attached hydrogen (secondary N) is 1. The Morgan fingerprint density at radius 3 is 2.59 bits per heavy atom. The zero-order valence-electron chi connectivity index (χ0n) is 17.9. The van der Waals surface area contributed by atoms with Crippen LogP contribution in [-0.4, -0.2) is 58.8 Å². The van der Waals surface area contributed by atoms with E-state index in [0.29, 0.717) is 36.8 Å². The number of nitrogen functional groups attached to an aromatic ring is 1. The van der Waals surface area contributed by atoms with E-state index < -0.39 is 10.0 Å². The van der Waals surface area contributed by atoms with Crippen molar-refractivity contribution < 1.29 is 12.8 Å².